The molecule has 1 amide bonds. The number of hydrogen-bond donors (Lipinski definition) is 1. The third kappa shape index (κ3) is 4.68. The number of carbonyl (C=O) groups excluding carboxylic acids is 1. The molecule has 1 fully saturated rings. The topological polar surface area (TPSA) is 98.2 Å². The second-order valence-corrected chi connectivity index (χ2v) is 9.23. The molecule has 31 heavy (non-hydrogen) atoms. The van der Waals surface area contributed by atoms with Crippen LogP contribution in [0.1, 0.15) is 23.6 Å². The van der Waals surface area contributed by atoms with Gasteiger partial charge in [0.2, 0.25) is 5.91 Å². The zero-order valence-corrected chi connectivity index (χ0v) is 17.4. The van der Waals surface area contributed by atoms with E-state index in [4.69, 9.17) is 0 Å². The Morgan fingerprint density at radius 1 is 1.13 bits per heavy atom. The minimum atomic E-state index is -3.89. The molecule has 2 aromatic heterocycles. The van der Waals surface area contributed by atoms with Gasteiger partial charge in [-0.1, -0.05) is 16.3 Å². The summed E-state index contributed by atoms with van der Waals surface area (Å²) in [6, 6.07) is 11.7. The van der Waals surface area contributed by atoms with Crippen LogP contribution >= 0.6 is 0 Å². The maximum absolute atomic E-state index is 13.4. The normalized spacial score (nSPS) is 20.8. The average Bonchev–Trinajstić information content (AvgIpc) is 3.26. The van der Waals surface area contributed by atoms with E-state index < -0.39 is 28.2 Å². The molecule has 9 heteroatoms. The molecule has 160 valence electrons. The van der Waals surface area contributed by atoms with Gasteiger partial charge in [0.1, 0.15) is 5.82 Å². The number of halogens is 1. The number of nitrogens with one attached hydrogen (secondary N) is 1. The second-order valence-electron chi connectivity index (χ2n) is 7.34. The lowest BCUT2D eigenvalue weighted by molar-refractivity contribution is -0.124. The predicted octanol–water partition coefficient (Wildman–Crippen LogP) is 2.90. The fourth-order valence-corrected chi connectivity index (χ4v) is 5.35. The number of amides is 1. The van der Waals surface area contributed by atoms with Gasteiger partial charge in [-0.3, -0.25) is 14.8 Å². The predicted molar refractivity (Wildman–Crippen MR) is 111 cm³/mol. The van der Waals surface area contributed by atoms with E-state index in [-0.39, 0.29) is 17.3 Å². The van der Waals surface area contributed by atoms with Gasteiger partial charge in [0.15, 0.2) is 15.3 Å². The molecule has 1 aliphatic heterocycles. The van der Waals surface area contributed by atoms with Crippen molar-refractivity contribution in [1.29, 1.82) is 0 Å². The van der Waals surface area contributed by atoms with Crippen molar-refractivity contribution in [2.45, 2.75) is 23.9 Å². The Balaban J connectivity index is 1.58. The summed E-state index contributed by atoms with van der Waals surface area (Å²) in [5.41, 5.74) is 1.54. The first-order valence-electron chi connectivity index (χ1n) is 9.79. The zero-order chi connectivity index (χ0) is 21.8. The summed E-state index contributed by atoms with van der Waals surface area (Å²) in [7, 11) is -3.89. The molecule has 1 unspecified atom stereocenters. The molecule has 0 aliphatic carbocycles. The molecule has 4 rings (SSSR count). The molecule has 1 aliphatic rings. The fourth-order valence-electron chi connectivity index (χ4n) is 3.72. The van der Waals surface area contributed by atoms with E-state index in [9.17, 15) is 17.9 Å². The van der Waals surface area contributed by atoms with Crippen LogP contribution in [0.2, 0.25) is 0 Å². The van der Waals surface area contributed by atoms with Crippen molar-refractivity contribution < 1.29 is 17.9 Å². The molecule has 7 nitrogen and oxygen atoms in total. The van der Waals surface area contributed by atoms with Gasteiger partial charge in [-0.2, -0.15) is 0 Å². The number of carbonyl (C=O) groups is 1. The average molecular weight is 441 g/mol. The first-order valence-corrected chi connectivity index (χ1v) is 11.2. The number of rotatable bonds is 6. The minimum Gasteiger partial charge on any atom is -0.593 e. The van der Waals surface area contributed by atoms with Crippen LogP contribution in [0.25, 0.3) is 0 Å². The maximum atomic E-state index is 13.4. The molecule has 1 aromatic carbocycles. The van der Waals surface area contributed by atoms with Crippen molar-refractivity contribution in [3.63, 3.8) is 0 Å². The first-order chi connectivity index (χ1) is 14.9. The van der Waals surface area contributed by atoms with E-state index in [1.807, 2.05) is 0 Å². The van der Waals surface area contributed by atoms with Crippen molar-refractivity contribution in [1.82, 2.24) is 19.6 Å². The Morgan fingerprint density at radius 3 is 2.55 bits per heavy atom. The van der Waals surface area contributed by atoms with Crippen LogP contribution < -0.4 is 5.32 Å². The molecule has 1 saturated heterocycles. The minimum absolute atomic E-state index is 0.0292. The molecule has 3 heterocycles. The van der Waals surface area contributed by atoms with Gasteiger partial charge < -0.3 is 9.87 Å². The molecule has 0 spiro atoms. The smallest absolute Gasteiger partial charge is 0.224 e. The van der Waals surface area contributed by atoms with Crippen molar-refractivity contribution in [3.05, 3.63) is 90.3 Å². The highest BCUT2D eigenvalue weighted by atomic mass is 32.3. The van der Waals surface area contributed by atoms with Gasteiger partial charge in [0.25, 0.3) is 0 Å². The van der Waals surface area contributed by atoms with E-state index in [0.717, 1.165) is 5.56 Å². The Labute approximate surface area is 180 Å². The Morgan fingerprint density at radius 2 is 1.87 bits per heavy atom. The van der Waals surface area contributed by atoms with E-state index in [1.54, 1.807) is 42.7 Å². The molecular weight excluding hydrogens is 419 g/mol. The van der Waals surface area contributed by atoms with Crippen LogP contribution in [-0.2, 0) is 25.9 Å². The monoisotopic (exact) mass is 440 g/mol. The first kappa shape index (κ1) is 21.2. The Kier molecular flexibility index (Phi) is 6.17. The van der Waals surface area contributed by atoms with Crippen molar-refractivity contribution >= 4 is 16.3 Å². The van der Waals surface area contributed by atoms with Crippen LogP contribution in [0.3, 0.4) is 0 Å². The molecule has 0 saturated carbocycles. The third-order valence-electron chi connectivity index (χ3n) is 5.34. The summed E-state index contributed by atoms with van der Waals surface area (Å²) in [6.45, 7) is 0.357. The largest absolute Gasteiger partial charge is 0.593 e. The highest BCUT2D eigenvalue weighted by Crippen LogP contribution is 2.41. The van der Waals surface area contributed by atoms with Gasteiger partial charge >= 0.3 is 0 Å². The lowest BCUT2D eigenvalue weighted by Gasteiger charge is -2.28. The number of sulfonamides is 1. The zero-order valence-electron chi connectivity index (χ0n) is 16.6. The number of hydrogen-bond acceptors (Lipinski definition) is 5. The quantitative estimate of drug-likeness (QED) is 0.595. The Hall–Kier alpha value is -3.01. The van der Waals surface area contributed by atoms with Crippen molar-refractivity contribution in [2.75, 3.05) is 6.54 Å². The van der Waals surface area contributed by atoms with Crippen molar-refractivity contribution in [2.24, 2.45) is 5.92 Å². The standard InChI is InChI=1S/C22H21FN4O3S/c23-19-5-3-17(4-6-19)21-12-18(22(28)26-13-16-7-10-24-11-8-16)15-27(21)31(29,30)20-2-1-9-25-14-20/h1-11,14,18,21H,12-13,15H2,(H-,26,28,29,30)/t18-,21+/m1/s1. The summed E-state index contributed by atoms with van der Waals surface area (Å²) in [6.07, 6.45) is 6.37. The van der Waals surface area contributed by atoms with Crippen LogP contribution in [0.4, 0.5) is 4.39 Å². The van der Waals surface area contributed by atoms with Gasteiger partial charge in [-0.15, -0.1) is 4.31 Å². The van der Waals surface area contributed by atoms with Crippen molar-refractivity contribution in [3.8, 4) is 0 Å². The van der Waals surface area contributed by atoms with E-state index in [1.165, 1.54) is 34.9 Å². The van der Waals surface area contributed by atoms with E-state index in [2.05, 4.69) is 15.3 Å². The lowest BCUT2D eigenvalue weighted by atomic mass is 9.99. The van der Waals surface area contributed by atoms with Crippen LogP contribution in [0, 0.1) is 11.7 Å². The van der Waals surface area contributed by atoms with Crippen LogP contribution in [0.5, 0.6) is 0 Å². The highest BCUT2D eigenvalue weighted by molar-refractivity contribution is 7.95. The fraction of sp³-hybridized carbons (Fsp3) is 0.227. The summed E-state index contributed by atoms with van der Waals surface area (Å²) >= 11 is 0. The summed E-state index contributed by atoms with van der Waals surface area (Å²) in [5.74, 6) is -1.17. The van der Waals surface area contributed by atoms with Crippen LogP contribution in [0.15, 0.2) is 78.2 Å². The number of pyridine rings is 2. The lowest BCUT2D eigenvalue weighted by Crippen LogP contribution is -2.38. The third-order valence-corrected chi connectivity index (χ3v) is 7.20. The Bertz CT molecular complexity index is 1080. The summed E-state index contributed by atoms with van der Waals surface area (Å²) in [5, 5.41) is 2.87. The van der Waals surface area contributed by atoms with Gasteiger partial charge in [0, 0.05) is 25.1 Å². The van der Waals surface area contributed by atoms with E-state index >= 15 is 0 Å². The van der Waals surface area contributed by atoms with Gasteiger partial charge in [-0.05, 0) is 53.9 Å². The second kappa shape index (κ2) is 9.01. The SMILES string of the molecule is O=C(NCc1ccncc1)[C@@H]1C[C@@H](c2ccc(F)cc2)N([S+](=O)([O-])c2cccnc2)C1. The molecule has 0 bridgehead atoms. The number of aromatic nitrogens is 2. The summed E-state index contributed by atoms with van der Waals surface area (Å²) < 4.78 is 41.4. The van der Waals surface area contributed by atoms with Gasteiger partial charge in [0.05, 0.1) is 24.7 Å². The number of nitrogens with zero attached hydrogens (tertiary/aromatic N) is 3. The maximum Gasteiger partial charge on any atom is 0.224 e. The highest BCUT2D eigenvalue weighted by Gasteiger charge is 2.47. The molecular formula is C22H21FN4O3S. The van der Waals surface area contributed by atoms with Gasteiger partial charge in [-0.25, -0.2) is 4.39 Å². The van der Waals surface area contributed by atoms with E-state index in [0.29, 0.717) is 18.5 Å². The number of benzene rings is 1. The summed E-state index contributed by atoms with van der Waals surface area (Å²) in [4.78, 5) is 20.8. The molecule has 3 aromatic rings. The van der Waals surface area contributed by atoms with Crippen LogP contribution in [-0.4, -0.2) is 31.3 Å². The molecule has 0 radical (unpaired) electrons. The molecule has 3 atom stereocenters. The molecule has 1 N–H and O–H groups in total.